The van der Waals surface area contributed by atoms with Crippen molar-refractivity contribution < 1.29 is 4.79 Å². The fourth-order valence-electron chi connectivity index (χ4n) is 1.60. The predicted molar refractivity (Wildman–Crippen MR) is 71.7 cm³/mol. The zero-order valence-electron chi connectivity index (χ0n) is 9.82. The molecule has 2 rings (SSSR count). The molecule has 0 saturated heterocycles. The molecule has 1 aromatic carbocycles. The van der Waals surface area contributed by atoms with Crippen LogP contribution in [-0.2, 0) is 0 Å². The Kier molecular flexibility index (Phi) is 3.74. The minimum atomic E-state index is -0.388. The fourth-order valence-corrected chi connectivity index (χ4v) is 1.97. The summed E-state index contributed by atoms with van der Waals surface area (Å²) >= 11 is 12.0. The summed E-state index contributed by atoms with van der Waals surface area (Å²) in [5.74, 6) is -0.388. The predicted octanol–water partition coefficient (Wildman–Crippen LogP) is 2.41. The lowest BCUT2D eigenvalue weighted by Gasteiger charge is -2.07. The number of benzene rings is 1. The molecule has 0 atom stereocenters. The molecule has 1 aromatic heterocycles. The highest BCUT2D eigenvalue weighted by Crippen LogP contribution is 2.29. The maximum absolute atomic E-state index is 11.6. The number of halogens is 2. The van der Waals surface area contributed by atoms with Gasteiger partial charge in [0.25, 0.3) is 5.91 Å². The van der Waals surface area contributed by atoms with Crippen LogP contribution in [0.2, 0.25) is 10.0 Å². The Morgan fingerprint density at radius 1 is 1.47 bits per heavy atom. The summed E-state index contributed by atoms with van der Waals surface area (Å²) < 4.78 is 1.29. The van der Waals surface area contributed by atoms with Crippen LogP contribution in [0.15, 0.2) is 24.4 Å². The highest BCUT2D eigenvalue weighted by atomic mass is 35.5. The molecule has 0 aliphatic carbocycles. The molecule has 1 N–H and O–H groups in total. The summed E-state index contributed by atoms with van der Waals surface area (Å²) in [5.41, 5.74) is 0.727. The topological polar surface area (TPSA) is 70.7 Å². The van der Waals surface area contributed by atoms with Crippen LogP contribution in [0.4, 0.5) is 0 Å². The third-order valence-electron chi connectivity index (χ3n) is 2.51. The molecular weight excluding hydrogens is 287 g/mol. The second-order valence-electron chi connectivity index (χ2n) is 3.58. The number of nitrogens with zero attached hydrogens (tertiary/aromatic N) is 3. The lowest BCUT2D eigenvalue weighted by molar-refractivity contribution is 0.0963. The van der Waals surface area contributed by atoms with Gasteiger partial charge in [-0.3, -0.25) is 4.79 Å². The summed E-state index contributed by atoms with van der Waals surface area (Å²) in [4.78, 5) is 11.6. The maximum atomic E-state index is 11.6. The summed E-state index contributed by atoms with van der Waals surface area (Å²) in [5, 5.41) is 16.3. The van der Waals surface area contributed by atoms with Crippen LogP contribution >= 0.6 is 23.2 Å². The van der Waals surface area contributed by atoms with Gasteiger partial charge in [-0.1, -0.05) is 29.3 Å². The van der Waals surface area contributed by atoms with Gasteiger partial charge < -0.3 is 5.32 Å². The Hall–Kier alpha value is -2.03. The molecule has 0 spiro atoms. The van der Waals surface area contributed by atoms with E-state index >= 15 is 0 Å². The van der Waals surface area contributed by atoms with E-state index in [1.165, 1.54) is 17.9 Å². The summed E-state index contributed by atoms with van der Waals surface area (Å²) in [6.45, 7) is 0. The number of nitrogens with one attached hydrogen (secondary N) is 1. The molecule has 0 saturated carbocycles. The standard InChI is InChI=1S/C12H8Cl2N4O/c1-16-12(19)7-6-17-18(10(7)5-15)9-4-2-3-8(13)11(9)14/h2-4,6H,1H3,(H,16,19). The SMILES string of the molecule is CNC(=O)c1cnn(-c2cccc(Cl)c2Cl)c1C#N. The van der Waals surface area contributed by atoms with E-state index in [-0.39, 0.29) is 22.2 Å². The summed E-state index contributed by atoms with van der Waals surface area (Å²) in [7, 11) is 1.48. The normalized spacial score (nSPS) is 10.0. The minimum absolute atomic E-state index is 0.100. The molecule has 0 unspecified atom stereocenters. The lowest BCUT2D eigenvalue weighted by Crippen LogP contribution is -2.18. The number of hydrogen-bond donors (Lipinski definition) is 1. The first-order valence-corrected chi connectivity index (χ1v) is 6.00. The highest BCUT2D eigenvalue weighted by Gasteiger charge is 2.19. The van der Waals surface area contributed by atoms with Crippen LogP contribution in [0.5, 0.6) is 0 Å². The third kappa shape index (κ3) is 2.28. The van der Waals surface area contributed by atoms with Gasteiger partial charge >= 0.3 is 0 Å². The monoisotopic (exact) mass is 294 g/mol. The van der Waals surface area contributed by atoms with Crippen molar-refractivity contribution in [2.24, 2.45) is 0 Å². The zero-order chi connectivity index (χ0) is 14.0. The van der Waals surface area contributed by atoms with E-state index in [0.29, 0.717) is 10.7 Å². The zero-order valence-corrected chi connectivity index (χ0v) is 11.3. The molecule has 7 heteroatoms. The molecule has 1 amide bonds. The van der Waals surface area contributed by atoms with Crippen molar-refractivity contribution in [1.82, 2.24) is 15.1 Å². The van der Waals surface area contributed by atoms with E-state index in [0.717, 1.165) is 0 Å². The Labute approximate surface area is 119 Å². The van der Waals surface area contributed by atoms with Crippen LogP contribution in [0, 0.1) is 11.3 Å². The second-order valence-corrected chi connectivity index (χ2v) is 4.37. The van der Waals surface area contributed by atoms with Crippen LogP contribution < -0.4 is 5.32 Å². The average molecular weight is 295 g/mol. The minimum Gasteiger partial charge on any atom is -0.355 e. The first kappa shape index (κ1) is 13.4. The molecule has 0 radical (unpaired) electrons. The number of rotatable bonds is 2. The largest absolute Gasteiger partial charge is 0.355 e. The molecule has 2 aromatic rings. The molecule has 0 bridgehead atoms. The van der Waals surface area contributed by atoms with E-state index < -0.39 is 0 Å². The number of nitriles is 1. The van der Waals surface area contributed by atoms with Gasteiger partial charge in [-0.15, -0.1) is 0 Å². The Morgan fingerprint density at radius 2 is 2.21 bits per heavy atom. The van der Waals surface area contributed by atoms with Gasteiger partial charge in [0.2, 0.25) is 0 Å². The first-order chi connectivity index (χ1) is 9.10. The van der Waals surface area contributed by atoms with Crippen LogP contribution in [-0.4, -0.2) is 22.7 Å². The number of aromatic nitrogens is 2. The fraction of sp³-hybridized carbons (Fsp3) is 0.0833. The smallest absolute Gasteiger partial charge is 0.255 e. The van der Waals surface area contributed by atoms with Crippen molar-refractivity contribution in [3.63, 3.8) is 0 Å². The molecular formula is C12H8Cl2N4O. The molecule has 0 fully saturated rings. The maximum Gasteiger partial charge on any atom is 0.255 e. The van der Waals surface area contributed by atoms with Crippen molar-refractivity contribution >= 4 is 29.1 Å². The number of carbonyl (C=O) groups excluding carboxylic acids is 1. The first-order valence-electron chi connectivity index (χ1n) is 5.24. The van der Waals surface area contributed by atoms with Crippen LogP contribution in [0.1, 0.15) is 16.1 Å². The van der Waals surface area contributed by atoms with Gasteiger partial charge in [-0.2, -0.15) is 10.4 Å². The van der Waals surface area contributed by atoms with Gasteiger partial charge in [0.15, 0.2) is 5.69 Å². The van der Waals surface area contributed by atoms with Gasteiger partial charge in [-0.05, 0) is 12.1 Å². The van der Waals surface area contributed by atoms with Gasteiger partial charge in [0, 0.05) is 7.05 Å². The van der Waals surface area contributed by atoms with Crippen LogP contribution in [0.25, 0.3) is 5.69 Å². The molecule has 5 nitrogen and oxygen atoms in total. The molecule has 96 valence electrons. The number of amides is 1. The Bertz CT molecular complexity index is 688. The van der Waals surface area contributed by atoms with Crippen LogP contribution in [0.3, 0.4) is 0 Å². The third-order valence-corrected chi connectivity index (χ3v) is 3.32. The Morgan fingerprint density at radius 3 is 2.84 bits per heavy atom. The van der Waals surface area contributed by atoms with Gasteiger partial charge in [0.05, 0.1) is 27.5 Å². The summed E-state index contributed by atoms with van der Waals surface area (Å²) in [6.07, 6.45) is 1.31. The van der Waals surface area contributed by atoms with E-state index in [1.807, 2.05) is 6.07 Å². The van der Waals surface area contributed by atoms with Crippen molar-refractivity contribution in [3.05, 3.63) is 45.7 Å². The van der Waals surface area contributed by atoms with E-state index in [1.54, 1.807) is 18.2 Å². The molecule has 19 heavy (non-hydrogen) atoms. The van der Waals surface area contributed by atoms with Crippen molar-refractivity contribution in [2.75, 3.05) is 7.05 Å². The summed E-state index contributed by atoms with van der Waals surface area (Å²) in [6, 6.07) is 6.92. The lowest BCUT2D eigenvalue weighted by atomic mass is 10.2. The van der Waals surface area contributed by atoms with E-state index in [4.69, 9.17) is 23.2 Å². The number of carbonyl (C=O) groups is 1. The Balaban J connectivity index is 2.65. The van der Waals surface area contributed by atoms with E-state index in [2.05, 4.69) is 10.4 Å². The van der Waals surface area contributed by atoms with Gasteiger partial charge in [-0.25, -0.2) is 4.68 Å². The van der Waals surface area contributed by atoms with Gasteiger partial charge in [0.1, 0.15) is 6.07 Å². The highest BCUT2D eigenvalue weighted by molar-refractivity contribution is 6.43. The van der Waals surface area contributed by atoms with E-state index in [9.17, 15) is 10.1 Å². The number of hydrogen-bond acceptors (Lipinski definition) is 3. The molecule has 0 aliphatic heterocycles. The quantitative estimate of drug-likeness (QED) is 0.924. The average Bonchev–Trinajstić information content (AvgIpc) is 2.84. The second kappa shape index (κ2) is 5.31. The van der Waals surface area contributed by atoms with Crippen molar-refractivity contribution in [1.29, 1.82) is 5.26 Å². The molecule has 1 heterocycles. The molecule has 0 aliphatic rings. The van der Waals surface area contributed by atoms with Crippen molar-refractivity contribution in [2.45, 2.75) is 0 Å². The van der Waals surface area contributed by atoms with Crippen molar-refractivity contribution in [3.8, 4) is 11.8 Å².